The molecule has 0 aliphatic heterocycles. The van der Waals surface area contributed by atoms with E-state index in [0.717, 1.165) is 34.0 Å². The van der Waals surface area contributed by atoms with E-state index in [9.17, 15) is 4.79 Å². The summed E-state index contributed by atoms with van der Waals surface area (Å²) in [5, 5.41) is 9.70. The molecule has 2 aromatic carbocycles. The third-order valence-corrected chi connectivity index (χ3v) is 6.78. The van der Waals surface area contributed by atoms with Gasteiger partial charge in [0.15, 0.2) is 0 Å². The number of rotatable bonds is 7. The average molecular weight is 460 g/mol. The Bertz CT molecular complexity index is 1300. The molecule has 4 rings (SSSR count). The Morgan fingerprint density at radius 3 is 2.58 bits per heavy atom. The van der Waals surface area contributed by atoms with E-state index in [1.54, 1.807) is 0 Å². The molecule has 0 bridgehead atoms. The van der Waals surface area contributed by atoms with E-state index in [-0.39, 0.29) is 5.91 Å². The maximum Gasteiger partial charge on any atom is 0.265 e. The van der Waals surface area contributed by atoms with Crippen LogP contribution in [0, 0.1) is 34.6 Å². The number of anilines is 1. The summed E-state index contributed by atoms with van der Waals surface area (Å²) < 4.78 is 7.91. The Labute approximate surface area is 199 Å². The van der Waals surface area contributed by atoms with Gasteiger partial charge in [-0.1, -0.05) is 42.0 Å². The van der Waals surface area contributed by atoms with Gasteiger partial charge in [-0.3, -0.25) is 9.48 Å². The number of hydrogen-bond acceptors (Lipinski definition) is 4. The van der Waals surface area contributed by atoms with Crippen molar-refractivity contribution < 1.29 is 9.53 Å². The van der Waals surface area contributed by atoms with E-state index in [0.29, 0.717) is 18.0 Å². The molecule has 1 amide bonds. The first kappa shape index (κ1) is 22.8. The quantitative estimate of drug-likeness (QED) is 0.349. The zero-order chi connectivity index (χ0) is 23.5. The van der Waals surface area contributed by atoms with E-state index in [4.69, 9.17) is 4.74 Å². The first-order chi connectivity index (χ1) is 15.8. The Morgan fingerprint density at radius 2 is 1.82 bits per heavy atom. The van der Waals surface area contributed by atoms with Gasteiger partial charge < -0.3 is 10.1 Å². The van der Waals surface area contributed by atoms with Crippen LogP contribution < -0.4 is 10.1 Å². The van der Waals surface area contributed by atoms with Crippen LogP contribution in [-0.2, 0) is 13.2 Å². The number of nitrogens with one attached hydrogen (secondary N) is 1. The van der Waals surface area contributed by atoms with E-state index in [1.807, 2.05) is 61.2 Å². The molecule has 170 valence electrons. The second kappa shape index (κ2) is 9.63. The molecule has 0 saturated heterocycles. The fourth-order valence-electron chi connectivity index (χ4n) is 3.85. The fourth-order valence-corrected chi connectivity index (χ4v) is 4.64. The van der Waals surface area contributed by atoms with Crippen LogP contribution >= 0.6 is 11.3 Å². The summed E-state index contributed by atoms with van der Waals surface area (Å²) in [6.07, 6.45) is 0. The fraction of sp³-hybridized carbons (Fsp3) is 0.259. The number of thiophene rings is 1. The van der Waals surface area contributed by atoms with Crippen molar-refractivity contribution >= 4 is 22.9 Å². The minimum atomic E-state index is -0.126. The standard InChI is InChI=1S/C27H29N3O2S/c1-17-10-11-24(19(3)12-17)32-15-22-13-25(33-16-22)27(31)28-26-20(4)29-30(21(26)5)14-23-9-7-6-8-18(23)2/h6-13,16H,14-15H2,1-5H3,(H,28,31). The van der Waals surface area contributed by atoms with Crippen LogP contribution in [0.5, 0.6) is 5.75 Å². The SMILES string of the molecule is Cc1ccc(OCc2csc(C(=O)Nc3c(C)nn(Cc4ccccc4C)c3C)c2)c(C)c1. The lowest BCUT2D eigenvalue weighted by Gasteiger charge is -2.09. The average Bonchev–Trinajstić information content (AvgIpc) is 3.35. The van der Waals surface area contributed by atoms with E-state index >= 15 is 0 Å². The Balaban J connectivity index is 1.43. The highest BCUT2D eigenvalue weighted by Gasteiger charge is 2.17. The zero-order valence-electron chi connectivity index (χ0n) is 19.7. The van der Waals surface area contributed by atoms with Crippen LogP contribution in [0.25, 0.3) is 0 Å². The normalized spacial score (nSPS) is 10.9. The molecule has 1 N–H and O–H groups in total. The number of nitrogens with zero attached hydrogens (tertiary/aromatic N) is 2. The number of aromatic nitrogens is 2. The molecule has 2 aromatic heterocycles. The van der Waals surface area contributed by atoms with Gasteiger partial charge >= 0.3 is 0 Å². The minimum Gasteiger partial charge on any atom is -0.489 e. The van der Waals surface area contributed by atoms with Crippen LogP contribution in [-0.4, -0.2) is 15.7 Å². The molecule has 0 saturated carbocycles. The summed E-state index contributed by atoms with van der Waals surface area (Å²) in [5.41, 5.74) is 8.27. The van der Waals surface area contributed by atoms with Crippen molar-refractivity contribution in [3.05, 3.63) is 98.0 Å². The van der Waals surface area contributed by atoms with Crippen LogP contribution in [0.1, 0.15) is 48.9 Å². The van der Waals surface area contributed by atoms with Gasteiger partial charge in [-0.2, -0.15) is 5.10 Å². The monoisotopic (exact) mass is 459 g/mol. The van der Waals surface area contributed by atoms with Crippen molar-refractivity contribution in [2.24, 2.45) is 0 Å². The maximum absolute atomic E-state index is 12.9. The van der Waals surface area contributed by atoms with Gasteiger partial charge in [-0.25, -0.2) is 0 Å². The Hall–Kier alpha value is -3.38. The van der Waals surface area contributed by atoms with E-state index in [2.05, 4.69) is 42.5 Å². The summed E-state index contributed by atoms with van der Waals surface area (Å²) in [5.74, 6) is 0.740. The van der Waals surface area contributed by atoms with Crippen molar-refractivity contribution in [3.63, 3.8) is 0 Å². The molecule has 0 spiro atoms. The lowest BCUT2D eigenvalue weighted by Crippen LogP contribution is -2.12. The molecule has 6 heteroatoms. The second-order valence-corrected chi connectivity index (χ2v) is 9.37. The third-order valence-electron chi connectivity index (χ3n) is 5.80. The number of hydrogen-bond donors (Lipinski definition) is 1. The number of aryl methyl sites for hydroxylation is 4. The summed E-state index contributed by atoms with van der Waals surface area (Å²) in [7, 11) is 0. The second-order valence-electron chi connectivity index (χ2n) is 8.46. The number of carbonyl (C=O) groups is 1. The van der Waals surface area contributed by atoms with Crippen LogP contribution in [0.4, 0.5) is 5.69 Å². The van der Waals surface area contributed by atoms with E-state index in [1.165, 1.54) is 28.0 Å². The molecule has 4 aromatic rings. The van der Waals surface area contributed by atoms with E-state index < -0.39 is 0 Å². The highest BCUT2D eigenvalue weighted by atomic mass is 32.1. The molecular formula is C27H29N3O2S. The first-order valence-corrected chi connectivity index (χ1v) is 11.9. The number of ether oxygens (including phenoxy) is 1. The predicted octanol–water partition coefficient (Wildman–Crippen LogP) is 6.37. The summed E-state index contributed by atoms with van der Waals surface area (Å²) >= 11 is 1.42. The Kier molecular flexibility index (Phi) is 6.65. The molecule has 0 unspecified atom stereocenters. The van der Waals surface area contributed by atoms with Gasteiger partial charge in [-0.15, -0.1) is 11.3 Å². The highest BCUT2D eigenvalue weighted by molar-refractivity contribution is 7.12. The van der Waals surface area contributed by atoms with Crippen molar-refractivity contribution in [3.8, 4) is 5.75 Å². The molecular weight excluding hydrogens is 430 g/mol. The van der Waals surface area contributed by atoms with Crippen LogP contribution in [0.2, 0.25) is 0 Å². The lowest BCUT2D eigenvalue weighted by atomic mass is 10.1. The zero-order valence-corrected chi connectivity index (χ0v) is 20.5. The molecule has 0 atom stereocenters. The lowest BCUT2D eigenvalue weighted by molar-refractivity contribution is 0.103. The van der Waals surface area contributed by atoms with Gasteiger partial charge in [0.1, 0.15) is 12.4 Å². The molecule has 0 aliphatic carbocycles. The highest BCUT2D eigenvalue weighted by Crippen LogP contribution is 2.25. The predicted molar refractivity (Wildman–Crippen MR) is 135 cm³/mol. The number of benzene rings is 2. The van der Waals surface area contributed by atoms with Crippen molar-refractivity contribution in [2.45, 2.75) is 47.8 Å². The Morgan fingerprint density at radius 1 is 1.03 bits per heavy atom. The van der Waals surface area contributed by atoms with Crippen molar-refractivity contribution in [1.29, 1.82) is 0 Å². The number of amides is 1. The van der Waals surface area contributed by atoms with Gasteiger partial charge in [0.2, 0.25) is 0 Å². The smallest absolute Gasteiger partial charge is 0.265 e. The molecule has 2 heterocycles. The maximum atomic E-state index is 12.9. The summed E-state index contributed by atoms with van der Waals surface area (Å²) in [4.78, 5) is 13.6. The molecule has 33 heavy (non-hydrogen) atoms. The van der Waals surface area contributed by atoms with Crippen molar-refractivity contribution in [1.82, 2.24) is 9.78 Å². The van der Waals surface area contributed by atoms with Gasteiger partial charge in [-0.05, 0) is 68.8 Å². The third kappa shape index (κ3) is 5.17. The molecule has 0 aliphatic rings. The van der Waals surface area contributed by atoms with Gasteiger partial charge in [0.05, 0.1) is 28.5 Å². The molecule has 0 fully saturated rings. The topological polar surface area (TPSA) is 56.1 Å². The first-order valence-electron chi connectivity index (χ1n) is 11.0. The van der Waals surface area contributed by atoms with Crippen LogP contribution in [0.15, 0.2) is 53.9 Å². The summed E-state index contributed by atoms with van der Waals surface area (Å²) in [6, 6.07) is 16.3. The summed E-state index contributed by atoms with van der Waals surface area (Å²) in [6.45, 7) is 11.2. The minimum absolute atomic E-state index is 0.126. The van der Waals surface area contributed by atoms with Gasteiger partial charge in [0.25, 0.3) is 5.91 Å². The van der Waals surface area contributed by atoms with Gasteiger partial charge in [0, 0.05) is 5.56 Å². The largest absolute Gasteiger partial charge is 0.489 e. The number of carbonyl (C=O) groups excluding carboxylic acids is 1. The van der Waals surface area contributed by atoms with Crippen molar-refractivity contribution in [2.75, 3.05) is 5.32 Å². The molecule has 0 radical (unpaired) electrons. The molecule has 5 nitrogen and oxygen atoms in total. The van der Waals surface area contributed by atoms with Crippen LogP contribution in [0.3, 0.4) is 0 Å².